The Balaban J connectivity index is 1.47. The van der Waals surface area contributed by atoms with Crippen LogP contribution in [-0.2, 0) is 14.3 Å². The van der Waals surface area contributed by atoms with E-state index in [0.717, 1.165) is 58.4 Å². The molecule has 0 aromatic rings. The van der Waals surface area contributed by atoms with E-state index in [9.17, 15) is 4.79 Å². The van der Waals surface area contributed by atoms with E-state index in [1.54, 1.807) is 0 Å². The normalized spacial score (nSPS) is 20.6. The van der Waals surface area contributed by atoms with Gasteiger partial charge < -0.3 is 24.6 Å². The monoisotopic (exact) mass is 412 g/mol. The maximum atomic E-state index is 11.9. The maximum Gasteiger partial charge on any atom is 0.149 e. The number of ketones is 1. The summed E-state index contributed by atoms with van der Waals surface area (Å²) in [4.78, 5) is 19.4. The van der Waals surface area contributed by atoms with Crippen LogP contribution in [0.15, 0.2) is 0 Å². The van der Waals surface area contributed by atoms with Gasteiger partial charge in [0.15, 0.2) is 0 Å². The number of carbonyl (C=O) groups is 1. The number of Topliss-reactive ketones (excluding diaryl/α,β-unsaturated/α-hetero) is 1. The number of nitrogens with zero attached hydrogens (tertiary/aromatic N) is 3. The first-order chi connectivity index (χ1) is 14.1. The van der Waals surface area contributed by atoms with Crippen LogP contribution in [0.25, 0.3) is 0 Å². The number of carbonyl (C=O) groups excluding carboxylic acids is 1. The van der Waals surface area contributed by atoms with Crippen molar-refractivity contribution in [3.05, 3.63) is 0 Å². The highest BCUT2D eigenvalue weighted by Gasteiger charge is 2.24. The lowest BCUT2D eigenvalue weighted by molar-refractivity contribution is -0.123. The van der Waals surface area contributed by atoms with Crippen molar-refractivity contribution in [3.63, 3.8) is 0 Å². The number of nitrogens with one attached hydrogen (secondary N) is 1. The third-order valence-corrected chi connectivity index (χ3v) is 6.13. The minimum Gasteiger partial charge on any atom is -0.378 e. The summed E-state index contributed by atoms with van der Waals surface area (Å²) in [5.41, 5.74) is 0. The van der Waals surface area contributed by atoms with Crippen LogP contribution in [-0.4, -0.2) is 119 Å². The van der Waals surface area contributed by atoms with Gasteiger partial charge in [-0.1, -0.05) is 13.8 Å². The number of ether oxygens (including phenoxy) is 2. The summed E-state index contributed by atoms with van der Waals surface area (Å²) in [7, 11) is 1.93. The fraction of sp³-hybridized carbons (Fsp3) is 0.955. The molecule has 0 spiro atoms. The number of hydrogen-bond acceptors (Lipinski definition) is 7. The first-order valence-corrected chi connectivity index (χ1v) is 11.6. The van der Waals surface area contributed by atoms with Crippen molar-refractivity contribution in [2.24, 2.45) is 11.8 Å². The standard InChI is InChI=1S/C22H44N4O3/c1-20(2)22(27)19-26-11-9-25(10-12-26)18-21-4-7-24(8-5-21)13-15-29-17-16-28-14-6-23-3/h20-21,23H,4-19H2,1-3H3. The number of piperidine rings is 1. The Morgan fingerprint density at radius 1 is 0.897 bits per heavy atom. The van der Waals surface area contributed by atoms with Gasteiger partial charge in [-0.05, 0) is 38.9 Å². The zero-order chi connectivity index (χ0) is 20.9. The number of likely N-dealkylation sites (N-methyl/N-ethyl adjacent to an activating group) is 1. The highest BCUT2D eigenvalue weighted by Crippen LogP contribution is 2.19. The van der Waals surface area contributed by atoms with Crippen LogP contribution in [0.3, 0.4) is 0 Å². The van der Waals surface area contributed by atoms with Crippen molar-refractivity contribution in [2.75, 3.05) is 98.9 Å². The Bertz CT molecular complexity index is 434. The molecule has 2 heterocycles. The molecule has 170 valence electrons. The fourth-order valence-electron chi connectivity index (χ4n) is 3.98. The molecule has 7 nitrogen and oxygen atoms in total. The second-order valence-electron chi connectivity index (χ2n) is 8.81. The molecule has 0 bridgehead atoms. The lowest BCUT2D eigenvalue weighted by Crippen LogP contribution is -2.50. The Hall–Kier alpha value is -0.570. The zero-order valence-electron chi connectivity index (χ0n) is 19.0. The van der Waals surface area contributed by atoms with Gasteiger partial charge in [0.05, 0.1) is 33.0 Å². The van der Waals surface area contributed by atoms with Gasteiger partial charge in [0, 0.05) is 51.7 Å². The Labute approximate surface area is 178 Å². The van der Waals surface area contributed by atoms with E-state index in [-0.39, 0.29) is 5.92 Å². The van der Waals surface area contributed by atoms with Gasteiger partial charge >= 0.3 is 0 Å². The van der Waals surface area contributed by atoms with Gasteiger partial charge in [-0.2, -0.15) is 0 Å². The third kappa shape index (κ3) is 10.3. The van der Waals surface area contributed by atoms with E-state index in [1.807, 2.05) is 20.9 Å². The van der Waals surface area contributed by atoms with Crippen LogP contribution in [0.4, 0.5) is 0 Å². The summed E-state index contributed by atoms with van der Waals surface area (Å²) in [5.74, 6) is 1.34. The molecule has 0 aromatic carbocycles. The molecule has 2 aliphatic rings. The summed E-state index contributed by atoms with van der Waals surface area (Å²) in [6, 6.07) is 0. The second kappa shape index (κ2) is 14.4. The molecule has 7 heteroatoms. The van der Waals surface area contributed by atoms with Crippen molar-refractivity contribution >= 4 is 5.78 Å². The molecule has 2 rings (SSSR count). The van der Waals surface area contributed by atoms with E-state index in [2.05, 4.69) is 20.0 Å². The number of rotatable bonds is 14. The first kappa shape index (κ1) is 24.7. The summed E-state index contributed by atoms with van der Waals surface area (Å²) < 4.78 is 11.2. The summed E-state index contributed by atoms with van der Waals surface area (Å²) in [6.07, 6.45) is 2.58. The van der Waals surface area contributed by atoms with E-state index < -0.39 is 0 Å². The van der Waals surface area contributed by atoms with E-state index in [4.69, 9.17) is 9.47 Å². The third-order valence-electron chi connectivity index (χ3n) is 6.13. The second-order valence-corrected chi connectivity index (χ2v) is 8.81. The van der Waals surface area contributed by atoms with Crippen molar-refractivity contribution in [1.82, 2.24) is 20.0 Å². The lowest BCUT2D eigenvalue weighted by atomic mass is 9.96. The highest BCUT2D eigenvalue weighted by molar-refractivity contribution is 5.82. The van der Waals surface area contributed by atoms with Crippen LogP contribution in [0, 0.1) is 11.8 Å². The summed E-state index contributed by atoms with van der Waals surface area (Å²) in [5, 5.41) is 3.06. The highest BCUT2D eigenvalue weighted by atomic mass is 16.5. The molecule has 0 radical (unpaired) electrons. The summed E-state index contributed by atoms with van der Waals surface area (Å²) in [6.45, 7) is 17.4. The number of piperazine rings is 1. The molecule has 2 saturated heterocycles. The smallest absolute Gasteiger partial charge is 0.149 e. The molecule has 0 unspecified atom stereocenters. The SMILES string of the molecule is CNCCOCCOCCN1CCC(CN2CCN(CC(=O)C(C)C)CC2)CC1. The molecule has 0 atom stereocenters. The van der Waals surface area contributed by atoms with Gasteiger partial charge in [-0.25, -0.2) is 0 Å². The molecule has 29 heavy (non-hydrogen) atoms. The van der Waals surface area contributed by atoms with Gasteiger partial charge in [0.1, 0.15) is 5.78 Å². The van der Waals surface area contributed by atoms with Crippen LogP contribution in [0.1, 0.15) is 26.7 Å². The minimum absolute atomic E-state index is 0.153. The molecule has 1 N–H and O–H groups in total. The van der Waals surface area contributed by atoms with Crippen molar-refractivity contribution in [1.29, 1.82) is 0 Å². The molecule has 0 aromatic heterocycles. The predicted octanol–water partition coefficient (Wildman–Crippen LogP) is 0.794. The number of hydrogen-bond donors (Lipinski definition) is 1. The van der Waals surface area contributed by atoms with E-state index in [0.29, 0.717) is 25.5 Å². The summed E-state index contributed by atoms with van der Waals surface area (Å²) >= 11 is 0. The fourth-order valence-corrected chi connectivity index (χ4v) is 3.98. The molecule has 2 fully saturated rings. The van der Waals surface area contributed by atoms with E-state index >= 15 is 0 Å². The average Bonchev–Trinajstić information content (AvgIpc) is 2.72. The van der Waals surface area contributed by atoms with Gasteiger partial charge in [-0.15, -0.1) is 0 Å². The van der Waals surface area contributed by atoms with E-state index in [1.165, 1.54) is 32.5 Å². The largest absolute Gasteiger partial charge is 0.378 e. The van der Waals surface area contributed by atoms with Crippen LogP contribution < -0.4 is 5.32 Å². The minimum atomic E-state index is 0.153. The molecular weight excluding hydrogens is 368 g/mol. The van der Waals surface area contributed by atoms with Crippen molar-refractivity contribution < 1.29 is 14.3 Å². The molecule has 0 amide bonds. The van der Waals surface area contributed by atoms with Crippen molar-refractivity contribution in [2.45, 2.75) is 26.7 Å². The number of likely N-dealkylation sites (tertiary alicyclic amines) is 1. The average molecular weight is 413 g/mol. The molecule has 2 aliphatic heterocycles. The Morgan fingerprint density at radius 2 is 1.52 bits per heavy atom. The quantitative estimate of drug-likeness (QED) is 0.424. The van der Waals surface area contributed by atoms with Gasteiger partial charge in [0.2, 0.25) is 0 Å². The van der Waals surface area contributed by atoms with Crippen molar-refractivity contribution in [3.8, 4) is 0 Å². The topological polar surface area (TPSA) is 57.3 Å². The van der Waals surface area contributed by atoms with Crippen LogP contribution in [0.5, 0.6) is 0 Å². The maximum absolute atomic E-state index is 11.9. The van der Waals surface area contributed by atoms with Gasteiger partial charge in [-0.3, -0.25) is 9.69 Å². The van der Waals surface area contributed by atoms with Gasteiger partial charge in [0.25, 0.3) is 0 Å². The Kier molecular flexibility index (Phi) is 12.3. The Morgan fingerprint density at radius 3 is 2.14 bits per heavy atom. The lowest BCUT2D eigenvalue weighted by Gasteiger charge is -2.38. The first-order valence-electron chi connectivity index (χ1n) is 11.6. The molecular formula is C22H44N4O3. The predicted molar refractivity (Wildman–Crippen MR) is 117 cm³/mol. The molecule has 0 aliphatic carbocycles. The van der Waals surface area contributed by atoms with Crippen LogP contribution in [0.2, 0.25) is 0 Å². The zero-order valence-corrected chi connectivity index (χ0v) is 19.0. The molecule has 0 saturated carbocycles. The van der Waals surface area contributed by atoms with Crippen LogP contribution >= 0.6 is 0 Å².